The summed E-state index contributed by atoms with van der Waals surface area (Å²) in [6.07, 6.45) is 51.2. The number of hydrogen-bond donors (Lipinski definition) is 1. The fourth-order valence-electron chi connectivity index (χ4n) is 6.47. The maximum atomic E-state index is 12.7. The van der Waals surface area contributed by atoms with E-state index in [1.54, 1.807) is 6.08 Å². The minimum atomic E-state index is -4.66. The molecule has 3 atom stereocenters. The monoisotopic (exact) mass is 906 g/mol. The van der Waals surface area contributed by atoms with E-state index in [1.165, 1.54) is 96.3 Å². The Morgan fingerprint density at radius 1 is 0.603 bits per heavy atom. The molecule has 10 nitrogen and oxygen atoms in total. The van der Waals surface area contributed by atoms with Crippen molar-refractivity contribution < 1.29 is 47.2 Å². The zero-order valence-electron chi connectivity index (χ0n) is 40.6. The van der Waals surface area contributed by atoms with E-state index in [0.29, 0.717) is 30.3 Å². The third-order valence-electron chi connectivity index (χ3n) is 10.3. The molecule has 0 aliphatic heterocycles. The molecule has 0 radical (unpaired) electrons. The molecule has 0 rings (SSSR count). The summed E-state index contributed by atoms with van der Waals surface area (Å²) in [4.78, 5) is 37.6. The Kier molecular flexibility index (Phi) is 41.5. The van der Waals surface area contributed by atoms with Gasteiger partial charge in [-0.3, -0.25) is 14.2 Å². The first-order chi connectivity index (χ1) is 30.4. The lowest BCUT2D eigenvalue weighted by Gasteiger charge is -2.28. The average Bonchev–Trinajstić information content (AvgIpc) is 3.23. The van der Waals surface area contributed by atoms with E-state index in [2.05, 4.69) is 32.1 Å². The highest BCUT2D eigenvalue weighted by atomic mass is 31.2. The van der Waals surface area contributed by atoms with Crippen molar-refractivity contribution in [3.8, 4) is 0 Å². The van der Waals surface area contributed by atoms with Crippen LogP contribution in [0, 0.1) is 0 Å². The van der Waals surface area contributed by atoms with Crippen LogP contribution in [0.15, 0.2) is 72.9 Å². The maximum Gasteiger partial charge on any atom is 0.306 e. The van der Waals surface area contributed by atoms with E-state index in [4.69, 9.17) is 18.5 Å². The molecule has 11 heteroatoms. The van der Waals surface area contributed by atoms with E-state index >= 15 is 0 Å². The van der Waals surface area contributed by atoms with Gasteiger partial charge in [-0.05, 0) is 44.9 Å². The van der Waals surface area contributed by atoms with Crippen LogP contribution in [0.5, 0.6) is 0 Å². The van der Waals surface area contributed by atoms with E-state index in [0.717, 1.165) is 44.9 Å². The Bertz CT molecular complexity index is 1320. The second kappa shape index (κ2) is 43.3. The minimum absolute atomic E-state index is 0.0523. The molecule has 0 aromatic rings. The van der Waals surface area contributed by atoms with Crippen LogP contribution >= 0.6 is 7.82 Å². The number of esters is 2. The number of allylic oxidation sites excluding steroid dienone is 10. The van der Waals surface area contributed by atoms with E-state index in [1.807, 2.05) is 69.8 Å². The highest BCUT2D eigenvalue weighted by molar-refractivity contribution is 7.45. The maximum absolute atomic E-state index is 12.7. The zero-order valence-corrected chi connectivity index (χ0v) is 41.5. The number of aliphatic hydroxyl groups excluding tert-OH is 1. The summed E-state index contributed by atoms with van der Waals surface area (Å²) >= 11 is 0. The van der Waals surface area contributed by atoms with Crippen LogP contribution < -0.4 is 4.89 Å². The molecule has 0 amide bonds. The summed E-state index contributed by atoms with van der Waals surface area (Å²) in [6.45, 7) is 3.96. The number of ether oxygens (including phenoxy) is 2. The molecule has 0 fully saturated rings. The molecule has 1 N–H and O–H groups in total. The van der Waals surface area contributed by atoms with Crippen LogP contribution in [-0.4, -0.2) is 81.2 Å². The zero-order chi connectivity index (χ0) is 46.5. The average molecular weight is 906 g/mol. The molecule has 0 bridgehead atoms. The number of hydrogen-bond acceptors (Lipinski definition) is 9. The van der Waals surface area contributed by atoms with Gasteiger partial charge in [0.05, 0.1) is 33.9 Å². The first-order valence-corrected chi connectivity index (χ1v) is 26.2. The normalized spacial score (nSPS) is 14.6. The van der Waals surface area contributed by atoms with E-state index in [-0.39, 0.29) is 26.1 Å². The first kappa shape index (κ1) is 60.4. The number of phosphoric acid groups is 1. The molecule has 0 spiro atoms. The van der Waals surface area contributed by atoms with Gasteiger partial charge < -0.3 is 33.0 Å². The van der Waals surface area contributed by atoms with Gasteiger partial charge in [-0.1, -0.05) is 202 Å². The van der Waals surface area contributed by atoms with Crippen molar-refractivity contribution in [2.24, 2.45) is 0 Å². The fraction of sp³-hybridized carbons (Fsp3) is 0.731. The van der Waals surface area contributed by atoms with Crippen molar-refractivity contribution in [1.29, 1.82) is 0 Å². The smallest absolute Gasteiger partial charge is 0.306 e. The molecule has 0 saturated carbocycles. The van der Waals surface area contributed by atoms with Crippen molar-refractivity contribution in [3.63, 3.8) is 0 Å². The van der Waals surface area contributed by atoms with Crippen molar-refractivity contribution in [3.05, 3.63) is 72.9 Å². The van der Waals surface area contributed by atoms with Crippen LogP contribution in [0.2, 0.25) is 0 Å². The van der Waals surface area contributed by atoms with Gasteiger partial charge in [0.25, 0.3) is 7.82 Å². The summed E-state index contributed by atoms with van der Waals surface area (Å²) in [6, 6.07) is 0. The Labute approximate surface area is 385 Å². The van der Waals surface area contributed by atoms with Gasteiger partial charge in [0.1, 0.15) is 19.8 Å². The van der Waals surface area contributed by atoms with Crippen LogP contribution in [0.25, 0.3) is 0 Å². The third-order valence-corrected chi connectivity index (χ3v) is 11.3. The molecule has 2 unspecified atom stereocenters. The lowest BCUT2D eigenvalue weighted by molar-refractivity contribution is -0.870. The molecule has 0 aromatic heterocycles. The van der Waals surface area contributed by atoms with Crippen molar-refractivity contribution in [1.82, 2.24) is 0 Å². The summed E-state index contributed by atoms with van der Waals surface area (Å²) in [7, 11) is 1.09. The Morgan fingerprint density at radius 3 is 1.67 bits per heavy atom. The van der Waals surface area contributed by atoms with Crippen LogP contribution in [0.4, 0.5) is 0 Å². The number of nitrogens with zero attached hydrogens (tertiary/aromatic N) is 1. The number of carbonyl (C=O) groups excluding carboxylic acids is 2. The SMILES string of the molecule is CC/C=C\C/C=C\CC(O)/C=C/C=C\C/C=C\C/C=C\CCC(=O)OC[C@H](COP(=O)([O-])OCC[N+](C)(C)C)OC(=O)CCCCCCCCCCCCCCCCCCCCC. The standard InChI is InChI=1S/C52H92NO9P/c1-6-8-10-12-14-15-16-17-18-19-20-21-22-23-24-29-32-36-40-44-52(56)62-50(48-61-63(57,58)60-46-45-53(3,4)5)47-59-51(55)43-39-35-31-28-26-25-27-30-34-38-42-49(54)41-37-33-13-11-9-7-2/h9,11,25-26,30-31,33-35,37-38,42,49-50,54H,6-8,10,12-24,27-29,32,36,39-41,43-48H2,1-5H3/b11-9-,26-25-,34-30-,35-31-,37-33-,42-38+/t49?,50-/m1/s1. The number of aliphatic hydroxyl groups is 1. The number of unbranched alkanes of at least 4 members (excludes halogenated alkanes) is 18. The number of rotatable bonds is 44. The largest absolute Gasteiger partial charge is 0.756 e. The van der Waals surface area contributed by atoms with Crippen molar-refractivity contribution in [2.75, 3.05) is 47.5 Å². The van der Waals surface area contributed by atoms with Gasteiger partial charge in [0.15, 0.2) is 6.10 Å². The number of quaternary nitrogens is 1. The van der Waals surface area contributed by atoms with Gasteiger partial charge in [0, 0.05) is 12.8 Å². The molecule has 0 aliphatic carbocycles. The van der Waals surface area contributed by atoms with E-state index in [9.17, 15) is 24.2 Å². The second-order valence-electron chi connectivity index (χ2n) is 17.7. The molecular weight excluding hydrogens is 814 g/mol. The number of carbonyl (C=O) groups is 2. The highest BCUT2D eigenvalue weighted by Crippen LogP contribution is 2.38. The minimum Gasteiger partial charge on any atom is -0.756 e. The summed E-state index contributed by atoms with van der Waals surface area (Å²) in [5.74, 6) is -0.960. The third kappa shape index (κ3) is 47.2. The number of phosphoric ester groups is 1. The van der Waals surface area contributed by atoms with Gasteiger partial charge in [-0.2, -0.15) is 0 Å². The summed E-state index contributed by atoms with van der Waals surface area (Å²) in [5, 5.41) is 10.0. The Morgan fingerprint density at radius 2 is 1.11 bits per heavy atom. The molecule has 0 heterocycles. The molecule has 63 heavy (non-hydrogen) atoms. The molecule has 0 aromatic carbocycles. The van der Waals surface area contributed by atoms with Crippen LogP contribution in [0.1, 0.15) is 187 Å². The quantitative estimate of drug-likeness (QED) is 0.0158. The predicted molar refractivity (Wildman–Crippen MR) is 260 cm³/mol. The van der Waals surface area contributed by atoms with Gasteiger partial charge in [-0.15, -0.1) is 0 Å². The summed E-state index contributed by atoms with van der Waals surface area (Å²) < 4.78 is 33.9. The van der Waals surface area contributed by atoms with Gasteiger partial charge in [0.2, 0.25) is 0 Å². The molecular formula is C52H92NO9P. The Balaban J connectivity index is 4.44. The molecule has 0 saturated heterocycles. The van der Waals surface area contributed by atoms with E-state index < -0.39 is 38.6 Å². The van der Waals surface area contributed by atoms with Crippen molar-refractivity contribution >= 4 is 19.8 Å². The van der Waals surface area contributed by atoms with Crippen LogP contribution in [0.3, 0.4) is 0 Å². The van der Waals surface area contributed by atoms with Gasteiger partial charge >= 0.3 is 11.9 Å². The van der Waals surface area contributed by atoms with Gasteiger partial charge in [-0.25, -0.2) is 0 Å². The second-order valence-corrected chi connectivity index (χ2v) is 19.1. The Hall–Kier alpha value is -2.59. The molecule has 364 valence electrons. The predicted octanol–water partition coefficient (Wildman–Crippen LogP) is 12.9. The fourth-order valence-corrected chi connectivity index (χ4v) is 7.20. The lowest BCUT2D eigenvalue weighted by atomic mass is 10.0. The topological polar surface area (TPSA) is 131 Å². The highest BCUT2D eigenvalue weighted by Gasteiger charge is 2.21. The number of likely N-dealkylation sites (N-methyl/N-ethyl adjacent to an activating group) is 1. The lowest BCUT2D eigenvalue weighted by Crippen LogP contribution is -2.37. The molecule has 0 aliphatic rings. The first-order valence-electron chi connectivity index (χ1n) is 24.8. The van der Waals surface area contributed by atoms with Crippen molar-refractivity contribution in [2.45, 2.75) is 199 Å². The van der Waals surface area contributed by atoms with Crippen LogP contribution in [-0.2, 0) is 32.7 Å². The summed E-state index contributed by atoms with van der Waals surface area (Å²) in [5.41, 5.74) is 0.